The molecule has 3 N–H and O–H groups in total. The van der Waals surface area contributed by atoms with Gasteiger partial charge in [0.25, 0.3) is 5.91 Å². The number of esters is 1. The second-order valence-electron chi connectivity index (χ2n) is 7.08. The van der Waals surface area contributed by atoms with Crippen LogP contribution in [-0.2, 0) is 25.5 Å². The summed E-state index contributed by atoms with van der Waals surface area (Å²) in [6.45, 7) is 2.76. The highest BCUT2D eigenvalue weighted by atomic mass is 16.5. The third-order valence-electron chi connectivity index (χ3n) is 4.68. The van der Waals surface area contributed by atoms with Crippen molar-refractivity contribution in [3.63, 3.8) is 0 Å². The number of hydrogen-bond acceptors (Lipinski definition) is 5. The van der Waals surface area contributed by atoms with E-state index in [9.17, 15) is 14.4 Å². The first-order chi connectivity index (χ1) is 14.9. The van der Waals surface area contributed by atoms with Crippen molar-refractivity contribution in [2.45, 2.75) is 32.4 Å². The van der Waals surface area contributed by atoms with Crippen LogP contribution < -0.4 is 10.6 Å². The first-order valence-electron chi connectivity index (χ1n) is 9.71. The first kappa shape index (κ1) is 21.6. The molecule has 0 fully saturated rings. The van der Waals surface area contributed by atoms with E-state index in [2.05, 4.69) is 15.6 Å². The number of aromatic amines is 1. The molecule has 2 aromatic carbocycles. The third kappa shape index (κ3) is 5.48. The van der Waals surface area contributed by atoms with Crippen LogP contribution in [0.25, 0.3) is 10.9 Å². The van der Waals surface area contributed by atoms with E-state index < -0.39 is 24.0 Å². The maximum atomic E-state index is 12.7. The summed E-state index contributed by atoms with van der Waals surface area (Å²) < 4.78 is 5.32. The molecule has 0 saturated carbocycles. The standard InChI is InChI=1S/C23H22N4O4/c1-14(22(29)27-18-7-5-6-16(10-18)12-24)31-23(30)21(26-15(2)28)11-17-13-25-20-9-4-3-8-19(17)20/h3-10,13-14,21,25H,11H2,1-2H3,(H,26,28)(H,27,29)/t14-,21-/m0/s1. The number of hydrogen-bond donors (Lipinski definition) is 3. The zero-order valence-corrected chi connectivity index (χ0v) is 17.1. The molecule has 3 rings (SSSR count). The molecular weight excluding hydrogens is 396 g/mol. The van der Waals surface area contributed by atoms with Crippen LogP contribution in [0.4, 0.5) is 5.69 Å². The van der Waals surface area contributed by atoms with E-state index in [1.54, 1.807) is 24.4 Å². The number of benzene rings is 2. The van der Waals surface area contributed by atoms with Gasteiger partial charge in [-0.1, -0.05) is 24.3 Å². The Hall–Kier alpha value is -4.12. The Balaban J connectivity index is 1.68. The molecule has 8 heteroatoms. The summed E-state index contributed by atoms with van der Waals surface area (Å²) in [6.07, 6.45) is 0.893. The lowest BCUT2D eigenvalue weighted by Crippen LogP contribution is -2.44. The molecular formula is C23H22N4O4. The summed E-state index contributed by atoms with van der Waals surface area (Å²) in [5.74, 6) is -1.64. The number of carbonyl (C=O) groups is 3. The number of carbonyl (C=O) groups excluding carboxylic acids is 3. The molecule has 1 heterocycles. The molecule has 0 aliphatic heterocycles. The summed E-state index contributed by atoms with van der Waals surface area (Å²) in [6, 6.07) is 15.1. The van der Waals surface area contributed by atoms with Crippen molar-refractivity contribution < 1.29 is 19.1 Å². The minimum Gasteiger partial charge on any atom is -0.451 e. The van der Waals surface area contributed by atoms with E-state index in [1.807, 2.05) is 30.3 Å². The van der Waals surface area contributed by atoms with Gasteiger partial charge in [0.2, 0.25) is 5.91 Å². The van der Waals surface area contributed by atoms with Crippen LogP contribution in [0.15, 0.2) is 54.7 Å². The summed E-state index contributed by atoms with van der Waals surface area (Å²) in [5, 5.41) is 15.1. The molecule has 1 aromatic heterocycles. The molecule has 8 nitrogen and oxygen atoms in total. The zero-order valence-electron chi connectivity index (χ0n) is 17.1. The highest BCUT2D eigenvalue weighted by molar-refractivity contribution is 5.96. The Labute approximate surface area is 179 Å². The maximum absolute atomic E-state index is 12.7. The third-order valence-corrected chi connectivity index (χ3v) is 4.68. The number of nitrogens with zero attached hydrogens (tertiary/aromatic N) is 1. The molecule has 0 aliphatic rings. The van der Waals surface area contributed by atoms with Gasteiger partial charge in [-0.2, -0.15) is 5.26 Å². The van der Waals surface area contributed by atoms with Gasteiger partial charge < -0.3 is 20.4 Å². The second-order valence-corrected chi connectivity index (χ2v) is 7.08. The fraction of sp³-hybridized carbons (Fsp3) is 0.217. The van der Waals surface area contributed by atoms with E-state index in [0.29, 0.717) is 11.3 Å². The number of aromatic nitrogens is 1. The fourth-order valence-corrected chi connectivity index (χ4v) is 3.18. The van der Waals surface area contributed by atoms with Gasteiger partial charge in [0.1, 0.15) is 6.04 Å². The molecule has 2 atom stereocenters. The summed E-state index contributed by atoms with van der Waals surface area (Å²) in [5.41, 5.74) is 2.58. The van der Waals surface area contributed by atoms with Gasteiger partial charge >= 0.3 is 5.97 Å². The van der Waals surface area contributed by atoms with Gasteiger partial charge in [-0.15, -0.1) is 0 Å². The van der Waals surface area contributed by atoms with Crippen molar-refractivity contribution in [2.75, 3.05) is 5.32 Å². The summed E-state index contributed by atoms with van der Waals surface area (Å²) >= 11 is 0. The van der Waals surface area contributed by atoms with Crippen LogP contribution in [-0.4, -0.2) is 34.9 Å². The van der Waals surface area contributed by atoms with Gasteiger partial charge in [-0.05, 0) is 36.8 Å². The average Bonchev–Trinajstić information content (AvgIpc) is 3.16. The minimum absolute atomic E-state index is 0.209. The largest absolute Gasteiger partial charge is 0.451 e. The van der Waals surface area contributed by atoms with Crippen molar-refractivity contribution in [3.8, 4) is 6.07 Å². The Morgan fingerprint density at radius 1 is 1.16 bits per heavy atom. The van der Waals surface area contributed by atoms with Crippen LogP contribution in [0, 0.1) is 11.3 Å². The number of fused-ring (bicyclic) bond motifs is 1. The SMILES string of the molecule is CC(=O)N[C@@H](Cc1c[nH]c2ccccc12)C(=O)O[C@@H](C)C(=O)Nc1cccc(C#N)c1. The number of anilines is 1. The fourth-order valence-electron chi connectivity index (χ4n) is 3.18. The van der Waals surface area contributed by atoms with Gasteiger partial charge in [-0.3, -0.25) is 9.59 Å². The van der Waals surface area contributed by atoms with Crippen molar-refractivity contribution in [1.82, 2.24) is 10.3 Å². The highest BCUT2D eigenvalue weighted by Gasteiger charge is 2.27. The molecule has 0 bridgehead atoms. The molecule has 0 saturated heterocycles. The smallest absolute Gasteiger partial charge is 0.329 e. The molecule has 0 radical (unpaired) electrons. The lowest BCUT2D eigenvalue weighted by atomic mass is 10.0. The molecule has 0 aliphatic carbocycles. The van der Waals surface area contributed by atoms with E-state index in [-0.39, 0.29) is 12.3 Å². The Morgan fingerprint density at radius 2 is 1.94 bits per heavy atom. The van der Waals surface area contributed by atoms with Crippen molar-refractivity contribution in [1.29, 1.82) is 5.26 Å². The van der Waals surface area contributed by atoms with E-state index in [4.69, 9.17) is 10.00 Å². The highest BCUT2D eigenvalue weighted by Crippen LogP contribution is 2.20. The van der Waals surface area contributed by atoms with Crippen molar-refractivity contribution >= 4 is 34.4 Å². The molecule has 2 amide bonds. The van der Waals surface area contributed by atoms with Gasteiger partial charge in [-0.25, -0.2) is 4.79 Å². The lowest BCUT2D eigenvalue weighted by molar-refractivity contribution is -0.156. The number of nitriles is 1. The monoisotopic (exact) mass is 418 g/mol. The minimum atomic E-state index is -1.10. The maximum Gasteiger partial charge on any atom is 0.329 e. The summed E-state index contributed by atoms with van der Waals surface area (Å²) in [4.78, 5) is 39.9. The normalized spacial score (nSPS) is 12.4. The van der Waals surface area contributed by atoms with Crippen LogP contribution in [0.3, 0.4) is 0 Å². The predicted molar refractivity (Wildman–Crippen MR) is 115 cm³/mol. The average molecular weight is 418 g/mol. The molecule has 0 spiro atoms. The molecule has 3 aromatic rings. The number of para-hydroxylation sites is 1. The number of nitrogens with one attached hydrogen (secondary N) is 3. The topological polar surface area (TPSA) is 124 Å². The Bertz CT molecular complexity index is 1160. The number of amides is 2. The number of ether oxygens (including phenoxy) is 1. The van der Waals surface area contributed by atoms with Gasteiger partial charge in [0, 0.05) is 36.1 Å². The van der Waals surface area contributed by atoms with E-state index in [0.717, 1.165) is 16.5 Å². The first-order valence-corrected chi connectivity index (χ1v) is 9.71. The Kier molecular flexibility index (Phi) is 6.67. The molecule has 0 unspecified atom stereocenters. The quantitative estimate of drug-likeness (QED) is 0.509. The van der Waals surface area contributed by atoms with Crippen molar-refractivity contribution in [3.05, 3.63) is 65.9 Å². The Morgan fingerprint density at radius 3 is 2.68 bits per heavy atom. The predicted octanol–water partition coefficient (Wildman–Crippen LogP) is 2.66. The molecule has 158 valence electrons. The van der Waals surface area contributed by atoms with Gasteiger partial charge in [0.15, 0.2) is 6.10 Å². The summed E-state index contributed by atoms with van der Waals surface area (Å²) in [7, 11) is 0. The van der Waals surface area contributed by atoms with Crippen molar-refractivity contribution in [2.24, 2.45) is 0 Å². The van der Waals surface area contributed by atoms with E-state index in [1.165, 1.54) is 19.9 Å². The van der Waals surface area contributed by atoms with E-state index >= 15 is 0 Å². The van der Waals surface area contributed by atoms with Crippen LogP contribution in [0.2, 0.25) is 0 Å². The van der Waals surface area contributed by atoms with Crippen LogP contribution >= 0.6 is 0 Å². The number of H-pyrrole nitrogens is 1. The zero-order chi connectivity index (χ0) is 22.4. The lowest BCUT2D eigenvalue weighted by Gasteiger charge is -2.20. The van der Waals surface area contributed by atoms with Gasteiger partial charge in [0.05, 0.1) is 11.6 Å². The number of rotatable bonds is 7. The van der Waals surface area contributed by atoms with Crippen LogP contribution in [0.1, 0.15) is 25.0 Å². The second kappa shape index (κ2) is 9.59. The van der Waals surface area contributed by atoms with Crippen LogP contribution in [0.5, 0.6) is 0 Å². The molecule has 31 heavy (non-hydrogen) atoms.